The van der Waals surface area contributed by atoms with Crippen molar-refractivity contribution in [3.05, 3.63) is 35.4 Å². The molecule has 2 nitrogen and oxygen atoms in total. The van der Waals surface area contributed by atoms with Crippen molar-refractivity contribution in [1.29, 1.82) is 0 Å². The Morgan fingerprint density at radius 1 is 1.25 bits per heavy atom. The third-order valence-corrected chi connectivity index (χ3v) is 3.32. The zero-order valence-corrected chi connectivity index (χ0v) is 10.5. The predicted octanol–water partition coefficient (Wildman–Crippen LogP) is 2.84. The van der Waals surface area contributed by atoms with Gasteiger partial charge in [0, 0.05) is 19.3 Å². The maximum Gasteiger partial charge on any atom is 0.0469 e. The number of hydrogen-bond donors (Lipinski definition) is 1. The van der Waals surface area contributed by atoms with Gasteiger partial charge < -0.3 is 10.5 Å². The first-order valence-corrected chi connectivity index (χ1v) is 5.68. The highest BCUT2D eigenvalue weighted by atomic mass is 35.5. The Morgan fingerprint density at radius 2 is 1.88 bits per heavy atom. The monoisotopic (exact) mass is 241 g/mol. The van der Waals surface area contributed by atoms with Crippen molar-refractivity contribution in [3.63, 3.8) is 0 Å². The van der Waals surface area contributed by atoms with Crippen LogP contribution in [0.25, 0.3) is 0 Å². The van der Waals surface area contributed by atoms with Crippen LogP contribution in [0.15, 0.2) is 24.3 Å². The smallest absolute Gasteiger partial charge is 0.0469 e. The molecule has 0 bridgehead atoms. The second-order valence-electron chi connectivity index (χ2n) is 4.33. The molecule has 1 aromatic carbocycles. The standard InChI is InChI=1S/C13H19NO.ClH/c1-10-4-2-3-5-12(10)13(14)11-6-8-15-9-7-11;/h2-5,11,13H,6-9,14H2,1H3;1H/t13-;/m0./s1. The number of ether oxygens (including phenoxy) is 1. The van der Waals surface area contributed by atoms with Gasteiger partial charge >= 0.3 is 0 Å². The highest BCUT2D eigenvalue weighted by Gasteiger charge is 2.22. The first-order valence-electron chi connectivity index (χ1n) is 5.68. The second kappa shape index (κ2) is 6.24. The van der Waals surface area contributed by atoms with E-state index in [1.807, 2.05) is 0 Å². The van der Waals surface area contributed by atoms with Crippen LogP contribution in [0.5, 0.6) is 0 Å². The zero-order valence-electron chi connectivity index (χ0n) is 9.69. The van der Waals surface area contributed by atoms with Crippen molar-refractivity contribution < 1.29 is 4.74 Å². The van der Waals surface area contributed by atoms with Crippen molar-refractivity contribution in [2.45, 2.75) is 25.8 Å². The van der Waals surface area contributed by atoms with E-state index in [0.29, 0.717) is 5.92 Å². The van der Waals surface area contributed by atoms with Crippen LogP contribution in [-0.2, 0) is 4.74 Å². The van der Waals surface area contributed by atoms with Gasteiger partial charge in [-0.3, -0.25) is 0 Å². The van der Waals surface area contributed by atoms with Crippen molar-refractivity contribution >= 4 is 12.4 Å². The maximum atomic E-state index is 6.32. The van der Waals surface area contributed by atoms with Gasteiger partial charge in [-0.1, -0.05) is 24.3 Å². The van der Waals surface area contributed by atoms with Crippen LogP contribution >= 0.6 is 12.4 Å². The number of benzene rings is 1. The summed E-state index contributed by atoms with van der Waals surface area (Å²) in [4.78, 5) is 0. The molecule has 0 spiro atoms. The second-order valence-corrected chi connectivity index (χ2v) is 4.33. The molecule has 1 saturated heterocycles. The first-order chi connectivity index (χ1) is 7.29. The van der Waals surface area contributed by atoms with Gasteiger partial charge in [0.1, 0.15) is 0 Å². The fourth-order valence-corrected chi connectivity index (χ4v) is 2.29. The van der Waals surface area contributed by atoms with Gasteiger partial charge in [-0.25, -0.2) is 0 Å². The minimum atomic E-state index is 0. The zero-order chi connectivity index (χ0) is 10.7. The summed E-state index contributed by atoms with van der Waals surface area (Å²) in [7, 11) is 0. The van der Waals surface area contributed by atoms with Crippen molar-refractivity contribution in [1.82, 2.24) is 0 Å². The van der Waals surface area contributed by atoms with E-state index in [2.05, 4.69) is 31.2 Å². The lowest BCUT2D eigenvalue weighted by Gasteiger charge is -2.28. The average Bonchev–Trinajstić information content (AvgIpc) is 2.30. The fourth-order valence-electron chi connectivity index (χ4n) is 2.29. The molecule has 16 heavy (non-hydrogen) atoms. The summed E-state index contributed by atoms with van der Waals surface area (Å²) in [5, 5.41) is 0. The molecule has 3 heteroatoms. The highest BCUT2D eigenvalue weighted by molar-refractivity contribution is 5.85. The molecule has 2 N–H and O–H groups in total. The Kier molecular flexibility index (Phi) is 5.26. The van der Waals surface area contributed by atoms with Gasteiger partial charge in [-0.2, -0.15) is 0 Å². The Morgan fingerprint density at radius 3 is 2.50 bits per heavy atom. The van der Waals surface area contributed by atoms with E-state index >= 15 is 0 Å². The van der Waals surface area contributed by atoms with Crippen molar-refractivity contribution in [2.24, 2.45) is 11.7 Å². The molecule has 1 atom stereocenters. The lowest BCUT2D eigenvalue weighted by atomic mass is 9.86. The number of nitrogens with two attached hydrogens (primary N) is 1. The molecule has 1 fully saturated rings. The molecule has 0 amide bonds. The molecule has 0 saturated carbocycles. The van der Waals surface area contributed by atoms with E-state index in [-0.39, 0.29) is 18.4 Å². The maximum absolute atomic E-state index is 6.32. The molecule has 2 rings (SSSR count). The first kappa shape index (κ1) is 13.5. The Bertz CT molecular complexity index is 323. The van der Waals surface area contributed by atoms with Crippen molar-refractivity contribution in [3.8, 4) is 0 Å². The molecule has 0 aromatic heterocycles. The van der Waals surface area contributed by atoms with Crippen LogP contribution in [-0.4, -0.2) is 13.2 Å². The lowest BCUT2D eigenvalue weighted by Crippen LogP contribution is -2.27. The van der Waals surface area contributed by atoms with Gasteiger partial charge in [-0.05, 0) is 36.8 Å². The van der Waals surface area contributed by atoms with Crippen LogP contribution in [0.1, 0.15) is 30.0 Å². The van der Waals surface area contributed by atoms with Gasteiger partial charge in [0.15, 0.2) is 0 Å². The average molecular weight is 242 g/mol. The quantitative estimate of drug-likeness (QED) is 0.864. The molecule has 1 aromatic rings. The summed E-state index contributed by atoms with van der Waals surface area (Å²) in [6.07, 6.45) is 2.19. The third kappa shape index (κ3) is 2.97. The van der Waals surface area contributed by atoms with Crippen molar-refractivity contribution in [2.75, 3.05) is 13.2 Å². The van der Waals surface area contributed by atoms with E-state index in [9.17, 15) is 0 Å². The van der Waals surface area contributed by atoms with Gasteiger partial charge in [0.2, 0.25) is 0 Å². The van der Waals surface area contributed by atoms with Crippen LogP contribution in [0, 0.1) is 12.8 Å². The molecular weight excluding hydrogens is 222 g/mol. The molecule has 90 valence electrons. The van der Waals surface area contributed by atoms with Crippen LogP contribution in [0.3, 0.4) is 0 Å². The van der Waals surface area contributed by atoms with Crippen LogP contribution < -0.4 is 5.73 Å². The molecule has 0 aliphatic carbocycles. The Labute approximate surface area is 104 Å². The van der Waals surface area contributed by atoms with E-state index < -0.39 is 0 Å². The summed E-state index contributed by atoms with van der Waals surface area (Å²) in [6.45, 7) is 3.86. The minimum absolute atomic E-state index is 0. The SMILES string of the molecule is Cc1ccccc1[C@@H](N)C1CCOCC1.Cl. The van der Waals surface area contributed by atoms with Crippen LogP contribution in [0.4, 0.5) is 0 Å². The summed E-state index contributed by atoms with van der Waals surface area (Å²) in [5.74, 6) is 0.583. The largest absolute Gasteiger partial charge is 0.381 e. The van der Waals surface area contributed by atoms with Gasteiger partial charge in [-0.15, -0.1) is 12.4 Å². The Balaban J connectivity index is 0.00000128. The van der Waals surface area contributed by atoms with E-state index in [4.69, 9.17) is 10.5 Å². The van der Waals surface area contributed by atoms with Gasteiger partial charge in [0.05, 0.1) is 0 Å². The summed E-state index contributed by atoms with van der Waals surface area (Å²) in [5.41, 5.74) is 8.91. The molecule has 1 heterocycles. The van der Waals surface area contributed by atoms with Crippen LogP contribution in [0.2, 0.25) is 0 Å². The highest BCUT2D eigenvalue weighted by Crippen LogP contribution is 2.29. The molecule has 1 aliphatic heterocycles. The summed E-state index contributed by atoms with van der Waals surface area (Å²) < 4.78 is 5.36. The van der Waals surface area contributed by atoms with E-state index in [0.717, 1.165) is 26.1 Å². The third-order valence-electron chi connectivity index (χ3n) is 3.32. The molecule has 1 aliphatic rings. The molecular formula is C13H20ClNO. The fraction of sp³-hybridized carbons (Fsp3) is 0.538. The van der Waals surface area contributed by atoms with E-state index in [1.165, 1.54) is 11.1 Å². The number of halogens is 1. The normalized spacial score (nSPS) is 18.9. The summed E-state index contributed by atoms with van der Waals surface area (Å²) >= 11 is 0. The van der Waals surface area contributed by atoms with E-state index in [1.54, 1.807) is 0 Å². The number of rotatable bonds is 2. The molecule has 0 radical (unpaired) electrons. The number of aryl methyl sites for hydroxylation is 1. The Hall–Kier alpha value is -0.570. The topological polar surface area (TPSA) is 35.2 Å². The summed E-state index contributed by atoms with van der Waals surface area (Å²) in [6, 6.07) is 8.59. The number of hydrogen-bond acceptors (Lipinski definition) is 2. The lowest BCUT2D eigenvalue weighted by molar-refractivity contribution is 0.0583. The predicted molar refractivity (Wildman–Crippen MR) is 68.9 cm³/mol. The molecule has 0 unspecified atom stereocenters. The minimum Gasteiger partial charge on any atom is -0.381 e. The van der Waals surface area contributed by atoms with Gasteiger partial charge in [0.25, 0.3) is 0 Å².